The van der Waals surface area contributed by atoms with Crippen molar-refractivity contribution in [3.05, 3.63) is 35.4 Å². The molecule has 0 aromatic heterocycles. The van der Waals surface area contributed by atoms with E-state index in [9.17, 15) is 22.8 Å². The van der Waals surface area contributed by atoms with Gasteiger partial charge < -0.3 is 10.0 Å². The molecule has 7 heteroatoms. The number of alkyl halides is 3. The summed E-state index contributed by atoms with van der Waals surface area (Å²) in [4.78, 5) is 24.0. The second kappa shape index (κ2) is 5.15. The molecule has 0 bridgehead atoms. The molecule has 0 aliphatic carbocycles. The minimum atomic E-state index is -4.48. The van der Waals surface area contributed by atoms with Crippen molar-refractivity contribution < 1.29 is 27.9 Å². The molecule has 1 N–H and O–H groups in total. The van der Waals surface area contributed by atoms with Crippen LogP contribution in [-0.2, 0) is 11.0 Å². The van der Waals surface area contributed by atoms with Crippen LogP contribution in [0.25, 0.3) is 0 Å². The Hall–Kier alpha value is -2.05. The van der Waals surface area contributed by atoms with E-state index < -0.39 is 29.2 Å². The summed E-state index contributed by atoms with van der Waals surface area (Å²) in [5.41, 5.74) is -2.33. The first-order valence-corrected chi connectivity index (χ1v) is 5.66. The number of benzene rings is 1. The van der Waals surface area contributed by atoms with Crippen LogP contribution in [0.2, 0.25) is 0 Å². The Morgan fingerprint density at radius 2 is 1.55 bits per heavy atom. The number of hydrogen-bond acceptors (Lipinski definition) is 2. The summed E-state index contributed by atoms with van der Waals surface area (Å²) >= 11 is 0. The zero-order chi connectivity index (χ0) is 15.7. The number of carbonyl (C=O) groups excluding carboxylic acids is 1. The topological polar surface area (TPSA) is 57.6 Å². The van der Waals surface area contributed by atoms with Crippen LogP contribution < -0.4 is 0 Å². The minimum Gasteiger partial charge on any atom is -0.480 e. The number of carboxylic acids is 1. The van der Waals surface area contributed by atoms with Crippen LogP contribution in [0.15, 0.2) is 24.3 Å². The Kier molecular flexibility index (Phi) is 4.12. The van der Waals surface area contributed by atoms with Crippen molar-refractivity contribution in [3.8, 4) is 0 Å². The SMILES string of the molecule is CN(C(=O)c1ccc(C(F)(F)F)cc1)C(C)(C)C(=O)O. The summed E-state index contributed by atoms with van der Waals surface area (Å²) in [5, 5.41) is 9.02. The average molecular weight is 289 g/mol. The predicted molar refractivity (Wildman–Crippen MR) is 65.3 cm³/mol. The van der Waals surface area contributed by atoms with Gasteiger partial charge in [0.05, 0.1) is 5.56 Å². The highest BCUT2D eigenvalue weighted by molar-refractivity contribution is 5.97. The van der Waals surface area contributed by atoms with Gasteiger partial charge in [0.2, 0.25) is 0 Å². The van der Waals surface area contributed by atoms with Gasteiger partial charge in [0.25, 0.3) is 5.91 Å². The van der Waals surface area contributed by atoms with Crippen LogP contribution in [0.4, 0.5) is 13.2 Å². The number of amides is 1. The lowest BCUT2D eigenvalue weighted by molar-refractivity contribution is -0.147. The van der Waals surface area contributed by atoms with E-state index in [-0.39, 0.29) is 5.56 Å². The van der Waals surface area contributed by atoms with Crippen molar-refractivity contribution in [2.24, 2.45) is 0 Å². The van der Waals surface area contributed by atoms with Crippen molar-refractivity contribution in [3.63, 3.8) is 0 Å². The Bertz CT molecular complexity index is 521. The van der Waals surface area contributed by atoms with Crippen molar-refractivity contribution >= 4 is 11.9 Å². The highest BCUT2D eigenvalue weighted by Crippen LogP contribution is 2.29. The predicted octanol–water partition coefficient (Wildman–Crippen LogP) is 2.64. The van der Waals surface area contributed by atoms with Gasteiger partial charge in [-0.25, -0.2) is 4.79 Å². The van der Waals surface area contributed by atoms with E-state index in [0.29, 0.717) is 0 Å². The summed E-state index contributed by atoms with van der Waals surface area (Å²) in [7, 11) is 1.29. The van der Waals surface area contributed by atoms with Crippen molar-refractivity contribution in [1.82, 2.24) is 4.90 Å². The first-order chi connectivity index (χ1) is 8.98. The Morgan fingerprint density at radius 3 is 1.90 bits per heavy atom. The number of rotatable bonds is 3. The Morgan fingerprint density at radius 1 is 1.10 bits per heavy atom. The summed E-state index contributed by atoms with van der Waals surface area (Å²) in [6.45, 7) is 2.66. The monoisotopic (exact) mass is 289 g/mol. The molecule has 0 saturated carbocycles. The van der Waals surface area contributed by atoms with Crippen LogP contribution in [0.3, 0.4) is 0 Å². The highest BCUT2D eigenvalue weighted by Gasteiger charge is 2.36. The number of carbonyl (C=O) groups is 2. The van der Waals surface area contributed by atoms with E-state index in [1.54, 1.807) is 0 Å². The zero-order valence-corrected chi connectivity index (χ0v) is 11.2. The number of nitrogens with zero attached hydrogens (tertiary/aromatic N) is 1. The second-order valence-corrected chi connectivity index (χ2v) is 4.80. The van der Waals surface area contributed by atoms with Crippen molar-refractivity contribution in [1.29, 1.82) is 0 Å². The van der Waals surface area contributed by atoms with E-state index in [1.165, 1.54) is 20.9 Å². The standard InChI is InChI=1S/C13H14F3NO3/c1-12(2,11(19)20)17(3)10(18)8-4-6-9(7-5-8)13(14,15)16/h4-7H,1-3H3,(H,19,20). The molecule has 0 saturated heterocycles. The van der Waals surface area contributed by atoms with Gasteiger partial charge in [-0.1, -0.05) is 0 Å². The summed E-state index contributed by atoms with van der Waals surface area (Å²) in [6.07, 6.45) is -4.48. The van der Waals surface area contributed by atoms with E-state index in [0.717, 1.165) is 29.2 Å². The maximum Gasteiger partial charge on any atom is 0.416 e. The number of likely N-dealkylation sites (N-methyl/N-ethyl adjacent to an activating group) is 1. The molecule has 0 aliphatic heterocycles. The third kappa shape index (κ3) is 3.09. The molecule has 0 aliphatic rings. The smallest absolute Gasteiger partial charge is 0.416 e. The molecule has 0 spiro atoms. The normalized spacial score (nSPS) is 12.1. The molecule has 110 valence electrons. The first-order valence-electron chi connectivity index (χ1n) is 5.66. The van der Waals surface area contributed by atoms with Gasteiger partial charge in [-0.2, -0.15) is 13.2 Å². The molecule has 20 heavy (non-hydrogen) atoms. The van der Waals surface area contributed by atoms with Crippen molar-refractivity contribution in [2.75, 3.05) is 7.05 Å². The maximum absolute atomic E-state index is 12.4. The molecule has 0 atom stereocenters. The van der Waals surface area contributed by atoms with Gasteiger partial charge in [-0.3, -0.25) is 4.79 Å². The minimum absolute atomic E-state index is 0.00479. The summed E-state index contributed by atoms with van der Waals surface area (Å²) in [6, 6.07) is 3.63. The molecule has 0 heterocycles. The number of hydrogen-bond donors (Lipinski definition) is 1. The molecule has 4 nitrogen and oxygen atoms in total. The Balaban J connectivity index is 3.02. The van der Waals surface area contributed by atoms with Crippen LogP contribution in [0.1, 0.15) is 29.8 Å². The third-order valence-corrected chi connectivity index (χ3v) is 3.13. The maximum atomic E-state index is 12.4. The lowest BCUT2D eigenvalue weighted by atomic mass is 10.0. The van der Waals surface area contributed by atoms with Gasteiger partial charge in [0.15, 0.2) is 0 Å². The van der Waals surface area contributed by atoms with Crippen LogP contribution >= 0.6 is 0 Å². The lowest BCUT2D eigenvalue weighted by Gasteiger charge is -2.31. The lowest BCUT2D eigenvalue weighted by Crippen LogP contribution is -2.50. The van der Waals surface area contributed by atoms with E-state index in [4.69, 9.17) is 5.11 Å². The fraction of sp³-hybridized carbons (Fsp3) is 0.385. The van der Waals surface area contributed by atoms with Gasteiger partial charge in [-0.05, 0) is 38.1 Å². The molecular formula is C13H14F3NO3. The van der Waals surface area contributed by atoms with Crippen molar-refractivity contribution in [2.45, 2.75) is 25.6 Å². The van der Waals surface area contributed by atoms with Gasteiger partial charge in [-0.15, -0.1) is 0 Å². The Labute approximate surface area is 113 Å². The van der Waals surface area contributed by atoms with E-state index >= 15 is 0 Å². The highest BCUT2D eigenvalue weighted by atomic mass is 19.4. The number of halogens is 3. The molecule has 1 amide bonds. The first kappa shape index (κ1) is 16.0. The quantitative estimate of drug-likeness (QED) is 0.930. The second-order valence-electron chi connectivity index (χ2n) is 4.80. The van der Waals surface area contributed by atoms with Crippen LogP contribution in [-0.4, -0.2) is 34.5 Å². The molecule has 0 radical (unpaired) electrons. The number of aliphatic carboxylic acids is 1. The van der Waals surface area contributed by atoms with E-state index in [1.807, 2.05) is 0 Å². The molecule has 1 rings (SSSR count). The van der Waals surface area contributed by atoms with Gasteiger partial charge in [0, 0.05) is 12.6 Å². The van der Waals surface area contributed by atoms with Crippen LogP contribution in [0, 0.1) is 0 Å². The molecule has 0 unspecified atom stereocenters. The molecule has 1 aromatic rings. The molecular weight excluding hydrogens is 275 g/mol. The third-order valence-electron chi connectivity index (χ3n) is 3.13. The fourth-order valence-electron chi connectivity index (χ4n) is 1.39. The fourth-order valence-corrected chi connectivity index (χ4v) is 1.39. The van der Waals surface area contributed by atoms with Gasteiger partial charge in [0.1, 0.15) is 5.54 Å². The molecule has 1 aromatic carbocycles. The molecule has 0 fully saturated rings. The number of carboxylic acid groups (broad SMARTS) is 1. The average Bonchev–Trinajstić information content (AvgIpc) is 2.35. The summed E-state index contributed by atoms with van der Waals surface area (Å²) < 4.78 is 37.2. The largest absolute Gasteiger partial charge is 0.480 e. The van der Waals surface area contributed by atoms with Crippen LogP contribution in [0.5, 0.6) is 0 Å². The van der Waals surface area contributed by atoms with Gasteiger partial charge >= 0.3 is 12.1 Å². The van der Waals surface area contributed by atoms with E-state index in [2.05, 4.69) is 0 Å². The summed E-state index contributed by atoms with van der Waals surface area (Å²) in [5.74, 6) is -1.87. The zero-order valence-electron chi connectivity index (χ0n) is 11.2.